The molecule has 0 N–H and O–H groups in total. The van der Waals surface area contributed by atoms with Crippen molar-refractivity contribution in [3.63, 3.8) is 0 Å². The van der Waals surface area contributed by atoms with Crippen LogP contribution in [0.2, 0.25) is 0 Å². The highest BCUT2D eigenvalue weighted by Crippen LogP contribution is 2.60. The maximum atomic E-state index is 12.6. The van der Waals surface area contributed by atoms with Gasteiger partial charge in [0.2, 0.25) is 0 Å². The van der Waals surface area contributed by atoms with Crippen LogP contribution in [0.1, 0.15) is 63.3 Å². The molecule has 0 saturated carbocycles. The van der Waals surface area contributed by atoms with Gasteiger partial charge in [-0.05, 0) is 42.0 Å². The van der Waals surface area contributed by atoms with Crippen molar-refractivity contribution in [1.82, 2.24) is 0 Å². The van der Waals surface area contributed by atoms with Gasteiger partial charge in [0.15, 0.2) is 0 Å². The van der Waals surface area contributed by atoms with Crippen molar-refractivity contribution in [3.8, 4) is 11.5 Å². The second kappa shape index (κ2) is 7.13. The van der Waals surface area contributed by atoms with Crippen LogP contribution >= 0.6 is 0 Å². The van der Waals surface area contributed by atoms with E-state index in [1.165, 1.54) is 33.4 Å². The zero-order chi connectivity index (χ0) is 22.0. The summed E-state index contributed by atoms with van der Waals surface area (Å²) in [5.74, 6) is 1.65. The largest absolute Gasteiger partial charge is 0.496 e. The number of hydrogen-bond acceptors (Lipinski definition) is 4. The predicted octanol–water partition coefficient (Wildman–Crippen LogP) is 4.97. The van der Waals surface area contributed by atoms with Crippen LogP contribution in [0.25, 0.3) is 0 Å². The molecule has 4 nitrogen and oxygen atoms in total. The molecule has 0 heterocycles. The average molecular weight is 427 g/mol. The minimum atomic E-state index is -0.198. The zero-order valence-electron chi connectivity index (χ0n) is 18.6. The Morgan fingerprint density at radius 3 is 1.84 bits per heavy atom. The van der Waals surface area contributed by atoms with Crippen molar-refractivity contribution in [2.75, 3.05) is 20.8 Å². The molecular formula is C28H26O4. The Hall–Kier alpha value is -3.27. The molecule has 3 aromatic carbocycles. The van der Waals surface area contributed by atoms with Gasteiger partial charge in [-0.3, -0.25) is 4.79 Å². The summed E-state index contributed by atoms with van der Waals surface area (Å²) < 4.78 is 17.6. The van der Waals surface area contributed by atoms with Crippen molar-refractivity contribution < 1.29 is 19.0 Å². The van der Waals surface area contributed by atoms with Crippen LogP contribution in [0.5, 0.6) is 11.5 Å². The lowest BCUT2D eigenvalue weighted by Gasteiger charge is -2.35. The van der Waals surface area contributed by atoms with Gasteiger partial charge in [0.1, 0.15) is 11.5 Å². The number of carbonyl (C=O) groups excluding carboxylic acids is 1. The van der Waals surface area contributed by atoms with Crippen LogP contribution in [0.15, 0.2) is 48.5 Å². The first-order chi connectivity index (χ1) is 15.7. The summed E-state index contributed by atoms with van der Waals surface area (Å²) in [6, 6.07) is 17.6. The summed E-state index contributed by atoms with van der Waals surface area (Å²) in [6.45, 7) is 2.25. The van der Waals surface area contributed by atoms with Crippen LogP contribution in [0.4, 0.5) is 0 Å². The fourth-order valence-corrected chi connectivity index (χ4v) is 6.27. The molecule has 0 spiro atoms. The van der Waals surface area contributed by atoms with E-state index in [2.05, 4.69) is 48.5 Å². The molecule has 32 heavy (non-hydrogen) atoms. The molecule has 4 bridgehead atoms. The SMILES string of the molecule is CCOC(=O)C1Cc2c(c(OC)c3c(c2OC)C2c4cccc(c4)C3c3ccccc32)C1. The third-order valence-corrected chi connectivity index (χ3v) is 7.39. The van der Waals surface area contributed by atoms with E-state index in [9.17, 15) is 4.79 Å². The lowest BCUT2D eigenvalue weighted by atomic mass is 9.70. The summed E-state index contributed by atoms with van der Waals surface area (Å²) in [4.78, 5) is 12.6. The van der Waals surface area contributed by atoms with E-state index in [4.69, 9.17) is 14.2 Å². The van der Waals surface area contributed by atoms with Crippen molar-refractivity contribution in [3.05, 3.63) is 93.0 Å². The number of rotatable bonds is 4. The predicted molar refractivity (Wildman–Crippen MR) is 122 cm³/mol. The number of methoxy groups -OCH3 is 2. The van der Waals surface area contributed by atoms with E-state index in [1.54, 1.807) is 14.2 Å². The molecule has 0 amide bonds. The van der Waals surface area contributed by atoms with Crippen LogP contribution in [-0.4, -0.2) is 26.8 Å². The average Bonchev–Trinajstić information content (AvgIpc) is 3.20. The molecule has 162 valence electrons. The maximum absolute atomic E-state index is 12.6. The molecule has 4 aliphatic rings. The van der Waals surface area contributed by atoms with Crippen molar-refractivity contribution in [2.24, 2.45) is 5.92 Å². The number of fused-ring (bicyclic) bond motifs is 1. The Bertz CT molecular complexity index is 1180. The van der Waals surface area contributed by atoms with Gasteiger partial charge in [0.25, 0.3) is 0 Å². The molecule has 2 atom stereocenters. The smallest absolute Gasteiger partial charge is 0.309 e. The standard InChI is InChI=1S/C28H26O4/c1-4-32-28(29)17-13-20-21(14-17)27(31-3)25-23-16-9-7-8-15(12-16)22(24(25)26(20)30-2)18-10-5-6-11-19(18)23/h5-12,17,22-23H,4,13-14H2,1-3H3. The van der Waals surface area contributed by atoms with Gasteiger partial charge in [-0.2, -0.15) is 0 Å². The second-order valence-corrected chi connectivity index (χ2v) is 8.87. The highest BCUT2D eigenvalue weighted by Gasteiger charge is 2.45. The number of hydrogen-bond donors (Lipinski definition) is 0. The lowest BCUT2D eigenvalue weighted by Crippen LogP contribution is -2.20. The second-order valence-electron chi connectivity index (χ2n) is 8.87. The van der Waals surface area contributed by atoms with Gasteiger partial charge in [0.05, 0.1) is 26.7 Å². The van der Waals surface area contributed by atoms with Gasteiger partial charge >= 0.3 is 5.97 Å². The van der Waals surface area contributed by atoms with Crippen molar-refractivity contribution in [2.45, 2.75) is 31.6 Å². The maximum Gasteiger partial charge on any atom is 0.309 e. The number of esters is 1. The number of benzene rings is 3. The van der Waals surface area contributed by atoms with Gasteiger partial charge in [-0.15, -0.1) is 0 Å². The van der Waals surface area contributed by atoms with E-state index in [0.717, 1.165) is 22.6 Å². The third-order valence-electron chi connectivity index (χ3n) is 7.39. The summed E-state index contributed by atoms with van der Waals surface area (Å²) in [5.41, 5.74) is 9.78. The highest BCUT2D eigenvalue weighted by molar-refractivity contribution is 5.79. The first-order valence-corrected chi connectivity index (χ1v) is 11.3. The highest BCUT2D eigenvalue weighted by atomic mass is 16.5. The molecule has 0 aliphatic heterocycles. The van der Waals surface area contributed by atoms with E-state index in [-0.39, 0.29) is 23.7 Å². The van der Waals surface area contributed by atoms with E-state index < -0.39 is 0 Å². The fourth-order valence-electron chi connectivity index (χ4n) is 6.27. The summed E-state index contributed by atoms with van der Waals surface area (Å²) in [6.07, 6.45) is 1.25. The molecule has 4 heteroatoms. The van der Waals surface area contributed by atoms with Gasteiger partial charge in [-0.25, -0.2) is 0 Å². The molecule has 4 aliphatic carbocycles. The Morgan fingerprint density at radius 1 is 0.844 bits per heavy atom. The normalized spacial score (nSPS) is 21.3. The Morgan fingerprint density at radius 2 is 1.38 bits per heavy atom. The summed E-state index contributed by atoms with van der Waals surface area (Å²) in [7, 11) is 3.50. The summed E-state index contributed by atoms with van der Waals surface area (Å²) >= 11 is 0. The Kier molecular flexibility index (Phi) is 4.32. The molecule has 0 saturated heterocycles. The van der Waals surface area contributed by atoms with Gasteiger partial charge in [-0.1, -0.05) is 48.5 Å². The molecule has 0 aromatic heterocycles. The molecule has 7 rings (SSSR count). The van der Waals surface area contributed by atoms with E-state index in [0.29, 0.717) is 19.4 Å². The fraction of sp³-hybridized carbons (Fsp3) is 0.321. The first-order valence-electron chi connectivity index (χ1n) is 11.3. The molecule has 2 unspecified atom stereocenters. The molecule has 3 aromatic rings. The minimum Gasteiger partial charge on any atom is -0.496 e. The van der Waals surface area contributed by atoms with Gasteiger partial charge < -0.3 is 14.2 Å². The third kappa shape index (κ3) is 2.46. The van der Waals surface area contributed by atoms with Crippen molar-refractivity contribution in [1.29, 1.82) is 0 Å². The van der Waals surface area contributed by atoms with Crippen LogP contribution in [0, 0.1) is 5.92 Å². The number of ether oxygens (including phenoxy) is 3. The Balaban J connectivity index is 1.66. The molecular weight excluding hydrogens is 400 g/mol. The quantitative estimate of drug-likeness (QED) is 0.381. The van der Waals surface area contributed by atoms with Gasteiger partial charge in [0, 0.05) is 34.1 Å². The molecule has 0 fully saturated rings. The van der Waals surface area contributed by atoms with Crippen LogP contribution in [-0.2, 0) is 22.4 Å². The van der Waals surface area contributed by atoms with E-state index in [1.807, 2.05) is 6.92 Å². The zero-order valence-corrected chi connectivity index (χ0v) is 18.6. The van der Waals surface area contributed by atoms with Crippen molar-refractivity contribution >= 4 is 5.97 Å². The van der Waals surface area contributed by atoms with Crippen LogP contribution < -0.4 is 9.47 Å². The Labute approximate surface area is 188 Å². The van der Waals surface area contributed by atoms with Crippen LogP contribution in [0.3, 0.4) is 0 Å². The van der Waals surface area contributed by atoms with E-state index >= 15 is 0 Å². The topological polar surface area (TPSA) is 44.8 Å². The number of carbonyl (C=O) groups is 1. The first kappa shape index (κ1) is 19.4. The lowest BCUT2D eigenvalue weighted by molar-refractivity contribution is -0.147. The molecule has 0 radical (unpaired) electrons. The minimum absolute atomic E-state index is 0.0793. The monoisotopic (exact) mass is 426 g/mol. The summed E-state index contributed by atoms with van der Waals surface area (Å²) in [5, 5.41) is 0.